The van der Waals surface area contributed by atoms with Gasteiger partial charge in [-0.15, -0.1) is 10.2 Å². The van der Waals surface area contributed by atoms with Crippen molar-refractivity contribution in [3.8, 4) is 5.75 Å². The third-order valence-electron chi connectivity index (χ3n) is 4.02. The molecule has 2 heterocycles. The maximum atomic E-state index is 12.2. The lowest BCUT2D eigenvalue weighted by molar-refractivity contribution is -0.113. The van der Waals surface area contributed by atoms with E-state index in [0.717, 1.165) is 48.4 Å². The average molecular weight is 362 g/mol. The van der Waals surface area contributed by atoms with Crippen LogP contribution in [0.4, 0.5) is 5.69 Å². The van der Waals surface area contributed by atoms with Crippen molar-refractivity contribution in [1.82, 2.24) is 14.8 Å². The molecule has 0 aliphatic carbocycles. The number of ether oxygens (including phenoxy) is 2. The summed E-state index contributed by atoms with van der Waals surface area (Å²) in [4.78, 5) is 12.2. The number of aromatic nitrogens is 3. The van der Waals surface area contributed by atoms with E-state index in [9.17, 15) is 4.79 Å². The second-order valence-corrected chi connectivity index (χ2v) is 6.78. The summed E-state index contributed by atoms with van der Waals surface area (Å²) < 4.78 is 12.8. The number of benzene rings is 1. The Labute approximate surface area is 151 Å². The summed E-state index contributed by atoms with van der Waals surface area (Å²) >= 11 is 1.38. The number of hydrogen-bond donors (Lipinski definition) is 1. The maximum Gasteiger partial charge on any atom is 0.234 e. The SMILES string of the molecule is COc1ccc(NC(=O)CSc2nnc(C)n2C[C@@H]2CCCO2)cc1. The first-order chi connectivity index (χ1) is 12.2. The Morgan fingerprint density at radius 2 is 2.20 bits per heavy atom. The molecule has 1 saturated heterocycles. The van der Waals surface area contributed by atoms with E-state index >= 15 is 0 Å². The third-order valence-corrected chi connectivity index (χ3v) is 4.98. The van der Waals surface area contributed by atoms with Gasteiger partial charge in [0.15, 0.2) is 5.16 Å². The van der Waals surface area contributed by atoms with Crippen molar-refractivity contribution in [3.63, 3.8) is 0 Å². The highest BCUT2D eigenvalue weighted by Gasteiger charge is 2.20. The highest BCUT2D eigenvalue weighted by atomic mass is 32.2. The van der Waals surface area contributed by atoms with Gasteiger partial charge in [-0.05, 0) is 44.0 Å². The average Bonchev–Trinajstić information content (AvgIpc) is 3.25. The van der Waals surface area contributed by atoms with Gasteiger partial charge in [0.2, 0.25) is 5.91 Å². The molecule has 0 bridgehead atoms. The minimum absolute atomic E-state index is 0.0838. The summed E-state index contributed by atoms with van der Waals surface area (Å²) in [6.45, 7) is 3.48. The van der Waals surface area contributed by atoms with Crippen LogP contribution in [0.3, 0.4) is 0 Å². The van der Waals surface area contributed by atoms with Crippen LogP contribution in [0.2, 0.25) is 0 Å². The summed E-state index contributed by atoms with van der Waals surface area (Å²) in [5, 5.41) is 11.9. The lowest BCUT2D eigenvalue weighted by Gasteiger charge is -2.13. The number of methoxy groups -OCH3 is 1. The zero-order chi connectivity index (χ0) is 17.6. The molecule has 1 fully saturated rings. The first-order valence-corrected chi connectivity index (χ1v) is 9.22. The fourth-order valence-electron chi connectivity index (χ4n) is 2.67. The van der Waals surface area contributed by atoms with E-state index in [1.165, 1.54) is 11.8 Å². The molecule has 1 N–H and O–H groups in total. The van der Waals surface area contributed by atoms with Crippen LogP contribution in [0, 0.1) is 6.92 Å². The van der Waals surface area contributed by atoms with Gasteiger partial charge < -0.3 is 19.4 Å². The van der Waals surface area contributed by atoms with E-state index in [1.54, 1.807) is 7.11 Å². The Morgan fingerprint density at radius 1 is 1.40 bits per heavy atom. The monoisotopic (exact) mass is 362 g/mol. The molecule has 1 aliphatic rings. The predicted molar refractivity (Wildman–Crippen MR) is 96.1 cm³/mol. The van der Waals surface area contributed by atoms with Gasteiger partial charge >= 0.3 is 0 Å². The van der Waals surface area contributed by atoms with Crippen molar-refractivity contribution < 1.29 is 14.3 Å². The normalized spacial score (nSPS) is 16.8. The van der Waals surface area contributed by atoms with Gasteiger partial charge in [0.25, 0.3) is 0 Å². The zero-order valence-electron chi connectivity index (χ0n) is 14.4. The topological polar surface area (TPSA) is 78.3 Å². The molecule has 7 nitrogen and oxygen atoms in total. The number of carbonyl (C=O) groups is 1. The summed E-state index contributed by atoms with van der Waals surface area (Å²) in [5.74, 6) is 1.79. The van der Waals surface area contributed by atoms with Gasteiger partial charge in [-0.25, -0.2) is 0 Å². The standard InChI is InChI=1S/C17H22N4O3S/c1-12-19-20-17(21(12)10-15-4-3-9-24-15)25-11-16(22)18-13-5-7-14(23-2)8-6-13/h5-8,15H,3-4,9-11H2,1-2H3,(H,18,22)/t15-/m0/s1. The number of thioether (sulfide) groups is 1. The van der Waals surface area contributed by atoms with Crippen molar-refractivity contribution in [2.45, 2.75) is 37.6 Å². The summed E-state index contributed by atoms with van der Waals surface area (Å²) in [6, 6.07) is 7.24. The molecule has 1 amide bonds. The molecule has 1 aromatic carbocycles. The molecule has 1 aliphatic heterocycles. The van der Waals surface area contributed by atoms with Crippen molar-refractivity contribution in [2.75, 3.05) is 24.8 Å². The molecule has 134 valence electrons. The van der Waals surface area contributed by atoms with Gasteiger partial charge in [0.05, 0.1) is 25.5 Å². The summed E-state index contributed by atoms with van der Waals surface area (Å²) in [7, 11) is 1.61. The third kappa shape index (κ3) is 4.73. The molecule has 0 saturated carbocycles. The van der Waals surface area contributed by atoms with E-state index in [-0.39, 0.29) is 17.8 Å². The second kappa shape index (κ2) is 8.35. The maximum absolute atomic E-state index is 12.2. The van der Waals surface area contributed by atoms with Crippen LogP contribution in [-0.2, 0) is 16.1 Å². The summed E-state index contributed by atoms with van der Waals surface area (Å²) in [6.07, 6.45) is 2.36. The molecule has 2 aromatic rings. The molecule has 0 unspecified atom stereocenters. The van der Waals surface area contributed by atoms with E-state index in [1.807, 2.05) is 35.8 Å². The Balaban J connectivity index is 1.54. The minimum atomic E-state index is -0.0838. The number of anilines is 1. The van der Waals surface area contributed by atoms with Crippen molar-refractivity contribution in [3.05, 3.63) is 30.1 Å². The van der Waals surface area contributed by atoms with Gasteiger partial charge in [-0.1, -0.05) is 11.8 Å². The van der Waals surface area contributed by atoms with Crippen LogP contribution in [0.1, 0.15) is 18.7 Å². The number of rotatable bonds is 7. The Bertz CT molecular complexity index is 711. The molecule has 1 aromatic heterocycles. The second-order valence-electron chi connectivity index (χ2n) is 5.84. The predicted octanol–water partition coefficient (Wildman–Crippen LogP) is 2.50. The van der Waals surface area contributed by atoms with Crippen LogP contribution in [-0.4, -0.2) is 46.2 Å². The zero-order valence-corrected chi connectivity index (χ0v) is 15.2. The smallest absolute Gasteiger partial charge is 0.234 e. The number of nitrogens with one attached hydrogen (secondary N) is 1. The van der Waals surface area contributed by atoms with Crippen molar-refractivity contribution >= 4 is 23.4 Å². The minimum Gasteiger partial charge on any atom is -0.497 e. The Morgan fingerprint density at radius 3 is 2.88 bits per heavy atom. The molecule has 3 rings (SSSR count). The van der Waals surface area contributed by atoms with Crippen LogP contribution in [0.5, 0.6) is 5.75 Å². The number of carbonyl (C=O) groups excluding carboxylic acids is 1. The van der Waals surface area contributed by atoms with E-state index in [4.69, 9.17) is 9.47 Å². The van der Waals surface area contributed by atoms with Gasteiger partial charge in [0.1, 0.15) is 11.6 Å². The number of hydrogen-bond acceptors (Lipinski definition) is 6. The van der Waals surface area contributed by atoms with Gasteiger partial charge in [-0.3, -0.25) is 4.79 Å². The number of nitrogens with zero attached hydrogens (tertiary/aromatic N) is 3. The van der Waals surface area contributed by atoms with Crippen LogP contribution in [0.15, 0.2) is 29.4 Å². The van der Waals surface area contributed by atoms with Crippen molar-refractivity contribution in [2.24, 2.45) is 0 Å². The molecule has 0 spiro atoms. The Kier molecular flexibility index (Phi) is 5.93. The fourth-order valence-corrected chi connectivity index (χ4v) is 3.47. The lowest BCUT2D eigenvalue weighted by Crippen LogP contribution is -2.18. The van der Waals surface area contributed by atoms with E-state index in [0.29, 0.717) is 0 Å². The first kappa shape index (κ1) is 17.8. The lowest BCUT2D eigenvalue weighted by atomic mass is 10.2. The number of aryl methyl sites for hydroxylation is 1. The molecule has 1 atom stereocenters. The molecule has 8 heteroatoms. The molecule has 25 heavy (non-hydrogen) atoms. The first-order valence-electron chi connectivity index (χ1n) is 8.24. The van der Waals surface area contributed by atoms with E-state index < -0.39 is 0 Å². The molecular weight excluding hydrogens is 340 g/mol. The van der Waals surface area contributed by atoms with Gasteiger partial charge in [-0.2, -0.15) is 0 Å². The molecule has 0 radical (unpaired) electrons. The highest BCUT2D eigenvalue weighted by Crippen LogP contribution is 2.21. The van der Waals surface area contributed by atoms with Crippen LogP contribution < -0.4 is 10.1 Å². The van der Waals surface area contributed by atoms with E-state index in [2.05, 4.69) is 15.5 Å². The van der Waals surface area contributed by atoms with Gasteiger partial charge in [0, 0.05) is 12.3 Å². The van der Waals surface area contributed by atoms with Crippen LogP contribution in [0.25, 0.3) is 0 Å². The van der Waals surface area contributed by atoms with Crippen LogP contribution >= 0.6 is 11.8 Å². The molecular formula is C17H22N4O3S. The highest BCUT2D eigenvalue weighted by molar-refractivity contribution is 7.99. The summed E-state index contributed by atoms with van der Waals surface area (Å²) in [5.41, 5.74) is 0.739. The fraction of sp³-hybridized carbons (Fsp3) is 0.471. The Hall–Kier alpha value is -2.06. The quantitative estimate of drug-likeness (QED) is 0.763. The van der Waals surface area contributed by atoms with Crippen molar-refractivity contribution in [1.29, 1.82) is 0 Å². The largest absolute Gasteiger partial charge is 0.497 e. The number of amides is 1.